The van der Waals surface area contributed by atoms with E-state index >= 15 is 0 Å². The van der Waals surface area contributed by atoms with Crippen LogP contribution in [0.4, 0.5) is 0 Å². The zero-order valence-electron chi connectivity index (χ0n) is 10.9. The zero-order chi connectivity index (χ0) is 13.7. The van der Waals surface area contributed by atoms with Crippen molar-refractivity contribution in [1.82, 2.24) is 0 Å². The van der Waals surface area contributed by atoms with Gasteiger partial charge in [0.05, 0.1) is 14.2 Å². The van der Waals surface area contributed by atoms with E-state index in [1.54, 1.807) is 26.0 Å². The molecule has 0 spiro atoms. The molecule has 0 bridgehead atoms. The van der Waals surface area contributed by atoms with E-state index in [0.717, 1.165) is 21.7 Å². The molecular weight excluding hydrogens is 324 g/mol. The highest BCUT2D eigenvalue weighted by atomic mass is 79.9. The summed E-state index contributed by atoms with van der Waals surface area (Å²) in [5.41, 5.74) is 1.18. The summed E-state index contributed by atoms with van der Waals surface area (Å²) in [5, 5.41) is 0. The molecule has 0 heterocycles. The summed E-state index contributed by atoms with van der Waals surface area (Å²) in [7, 11) is 3.37. The predicted molar refractivity (Wildman–Crippen MR) is 83.2 cm³/mol. The zero-order valence-corrected chi connectivity index (χ0v) is 13.3. The minimum atomic E-state index is 0.870. The molecule has 0 saturated carbocycles. The van der Waals surface area contributed by atoms with Gasteiger partial charge in [0.1, 0.15) is 11.5 Å². The monoisotopic (exact) mass is 338 g/mol. The minimum absolute atomic E-state index is 0.870. The van der Waals surface area contributed by atoms with Crippen LogP contribution in [0.2, 0.25) is 0 Å². The standard InChI is InChI=1S/C15H15BrO2S/c1-17-13-4-6-14(7-5-13)19-10-11-9-12(16)3-8-15(11)18-2/h3-9H,10H2,1-2H3. The molecule has 0 saturated heterocycles. The lowest BCUT2D eigenvalue weighted by Gasteiger charge is -2.09. The van der Waals surface area contributed by atoms with Crippen molar-refractivity contribution in [3.63, 3.8) is 0 Å². The molecule has 0 unspecified atom stereocenters. The summed E-state index contributed by atoms with van der Waals surface area (Å²) in [4.78, 5) is 1.21. The van der Waals surface area contributed by atoms with Gasteiger partial charge in [0.25, 0.3) is 0 Å². The van der Waals surface area contributed by atoms with Crippen LogP contribution < -0.4 is 9.47 Å². The summed E-state index contributed by atoms with van der Waals surface area (Å²) in [6, 6.07) is 14.1. The Balaban J connectivity index is 2.07. The Labute approximate surface area is 126 Å². The average Bonchev–Trinajstić information content (AvgIpc) is 2.46. The van der Waals surface area contributed by atoms with Crippen molar-refractivity contribution in [3.05, 3.63) is 52.5 Å². The topological polar surface area (TPSA) is 18.5 Å². The normalized spacial score (nSPS) is 10.3. The second kappa shape index (κ2) is 6.87. The van der Waals surface area contributed by atoms with Crippen molar-refractivity contribution in [1.29, 1.82) is 0 Å². The number of hydrogen-bond donors (Lipinski definition) is 0. The molecule has 19 heavy (non-hydrogen) atoms. The fraction of sp³-hybridized carbons (Fsp3) is 0.200. The van der Waals surface area contributed by atoms with E-state index in [0.29, 0.717) is 0 Å². The van der Waals surface area contributed by atoms with E-state index < -0.39 is 0 Å². The molecule has 0 aliphatic carbocycles. The van der Waals surface area contributed by atoms with Crippen molar-refractivity contribution in [2.75, 3.05) is 14.2 Å². The molecule has 2 nitrogen and oxygen atoms in total. The molecule has 0 aliphatic heterocycles. The molecular formula is C15H15BrO2S. The van der Waals surface area contributed by atoms with Gasteiger partial charge >= 0.3 is 0 Å². The van der Waals surface area contributed by atoms with E-state index in [-0.39, 0.29) is 0 Å². The number of ether oxygens (including phenoxy) is 2. The number of benzene rings is 2. The van der Waals surface area contributed by atoms with Gasteiger partial charge in [-0.2, -0.15) is 0 Å². The van der Waals surface area contributed by atoms with Crippen LogP contribution in [0.15, 0.2) is 51.8 Å². The Hall–Kier alpha value is -1.13. The van der Waals surface area contributed by atoms with Crippen LogP contribution in [0.5, 0.6) is 11.5 Å². The molecule has 4 heteroatoms. The van der Waals surface area contributed by atoms with Gasteiger partial charge in [-0.3, -0.25) is 0 Å². The summed E-state index contributed by atoms with van der Waals surface area (Å²) in [6.07, 6.45) is 0. The summed E-state index contributed by atoms with van der Waals surface area (Å²) < 4.78 is 11.6. The van der Waals surface area contributed by atoms with Crippen LogP contribution in [-0.2, 0) is 5.75 Å². The highest BCUT2D eigenvalue weighted by Crippen LogP contribution is 2.30. The second-order valence-electron chi connectivity index (χ2n) is 3.92. The highest BCUT2D eigenvalue weighted by molar-refractivity contribution is 9.10. The first-order chi connectivity index (χ1) is 9.22. The van der Waals surface area contributed by atoms with Gasteiger partial charge in [0, 0.05) is 20.7 Å². The number of thioether (sulfide) groups is 1. The molecule has 2 aromatic rings. The largest absolute Gasteiger partial charge is 0.497 e. The van der Waals surface area contributed by atoms with Crippen LogP contribution >= 0.6 is 27.7 Å². The third-order valence-electron chi connectivity index (χ3n) is 2.70. The Bertz CT molecular complexity index is 540. The fourth-order valence-electron chi connectivity index (χ4n) is 1.69. The number of rotatable bonds is 5. The van der Waals surface area contributed by atoms with Gasteiger partial charge in [-0.25, -0.2) is 0 Å². The molecule has 2 aromatic carbocycles. The van der Waals surface area contributed by atoms with Gasteiger partial charge in [0.2, 0.25) is 0 Å². The molecule has 0 aliphatic rings. The van der Waals surface area contributed by atoms with Gasteiger partial charge in [-0.05, 0) is 42.5 Å². The SMILES string of the molecule is COc1ccc(SCc2cc(Br)ccc2OC)cc1. The lowest BCUT2D eigenvalue weighted by molar-refractivity contribution is 0.411. The molecule has 0 aromatic heterocycles. The van der Waals surface area contributed by atoms with E-state index in [9.17, 15) is 0 Å². The average molecular weight is 339 g/mol. The molecule has 0 radical (unpaired) electrons. The van der Waals surface area contributed by atoms with Crippen molar-refractivity contribution in [3.8, 4) is 11.5 Å². The van der Waals surface area contributed by atoms with Gasteiger partial charge in [-0.1, -0.05) is 15.9 Å². The van der Waals surface area contributed by atoms with E-state index in [2.05, 4.69) is 34.1 Å². The van der Waals surface area contributed by atoms with Crippen LogP contribution in [0.25, 0.3) is 0 Å². The van der Waals surface area contributed by atoms with E-state index in [4.69, 9.17) is 9.47 Å². The Morgan fingerprint density at radius 2 is 1.74 bits per heavy atom. The molecule has 0 fully saturated rings. The second-order valence-corrected chi connectivity index (χ2v) is 5.88. The first-order valence-corrected chi connectivity index (χ1v) is 7.60. The highest BCUT2D eigenvalue weighted by Gasteiger charge is 2.05. The number of halogens is 1. The molecule has 2 rings (SSSR count). The van der Waals surface area contributed by atoms with Gasteiger partial charge in [0.15, 0.2) is 0 Å². The number of hydrogen-bond acceptors (Lipinski definition) is 3. The quantitative estimate of drug-likeness (QED) is 0.732. The van der Waals surface area contributed by atoms with Crippen molar-refractivity contribution < 1.29 is 9.47 Å². The van der Waals surface area contributed by atoms with Crippen LogP contribution in [-0.4, -0.2) is 14.2 Å². The number of methoxy groups -OCH3 is 2. The van der Waals surface area contributed by atoms with E-state index in [1.807, 2.05) is 24.3 Å². The maximum atomic E-state index is 5.37. The predicted octanol–water partition coefficient (Wildman–Crippen LogP) is 4.76. The maximum Gasteiger partial charge on any atom is 0.122 e. The maximum absolute atomic E-state index is 5.37. The van der Waals surface area contributed by atoms with Crippen LogP contribution in [0.1, 0.15) is 5.56 Å². The van der Waals surface area contributed by atoms with Crippen LogP contribution in [0.3, 0.4) is 0 Å². The van der Waals surface area contributed by atoms with Crippen molar-refractivity contribution >= 4 is 27.7 Å². The van der Waals surface area contributed by atoms with Crippen molar-refractivity contribution in [2.45, 2.75) is 10.6 Å². The van der Waals surface area contributed by atoms with Crippen LogP contribution in [0, 0.1) is 0 Å². The smallest absolute Gasteiger partial charge is 0.122 e. The lowest BCUT2D eigenvalue weighted by atomic mass is 10.2. The molecule has 0 N–H and O–H groups in total. The fourth-order valence-corrected chi connectivity index (χ4v) is 2.98. The molecule has 100 valence electrons. The Kier molecular flexibility index (Phi) is 5.16. The van der Waals surface area contributed by atoms with Gasteiger partial charge in [-0.15, -0.1) is 11.8 Å². The third-order valence-corrected chi connectivity index (χ3v) is 4.25. The van der Waals surface area contributed by atoms with Gasteiger partial charge < -0.3 is 9.47 Å². The first-order valence-electron chi connectivity index (χ1n) is 5.82. The molecule has 0 amide bonds. The third kappa shape index (κ3) is 3.91. The molecule has 0 atom stereocenters. The minimum Gasteiger partial charge on any atom is -0.497 e. The lowest BCUT2D eigenvalue weighted by Crippen LogP contribution is -1.90. The van der Waals surface area contributed by atoms with Crippen molar-refractivity contribution in [2.24, 2.45) is 0 Å². The first kappa shape index (κ1) is 14.3. The Morgan fingerprint density at radius 1 is 1.00 bits per heavy atom. The summed E-state index contributed by atoms with van der Waals surface area (Å²) in [6.45, 7) is 0. The Morgan fingerprint density at radius 3 is 2.37 bits per heavy atom. The summed E-state index contributed by atoms with van der Waals surface area (Å²) >= 11 is 5.26. The van der Waals surface area contributed by atoms with E-state index in [1.165, 1.54) is 10.5 Å². The summed E-state index contributed by atoms with van der Waals surface area (Å²) in [5.74, 6) is 2.67.